The maximum absolute atomic E-state index is 12.5. The summed E-state index contributed by atoms with van der Waals surface area (Å²) in [7, 11) is 1.93. The van der Waals surface area contributed by atoms with Gasteiger partial charge in [-0.2, -0.15) is 10.2 Å². The van der Waals surface area contributed by atoms with Crippen molar-refractivity contribution in [3.05, 3.63) is 64.7 Å². The Morgan fingerprint density at radius 1 is 1.15 bits per heavy atom. The van der Waals surface area contributed by atoms with Crippen molar-refractivity contribution in [3.8, 4) is 5.69 Å². The van der Waals surface area contributed by atoms with Gasteiger partial charge in [-0.05, 0) is 51.8 Å². The molecule has 27 heavy (non-hydrogen) atoms. The molecule has 0 spiro atoms. The van der Waals surface area contributed by atoms with Gasteiger partial charge in [0.05, 0.1) is 23.6 Å². The molecule has 0 fully saturated rings. The second kappa shape index (κ2) is 7.78. The Labute approximate surface area is 160 Å². The summed E-state index contributed by atoms with van der Waals surface area (Å²) in [5.74, 6) is 0.0389. The predicted molar refractivity (Wildman–Crippen MR) is 106 cm³/mol. The van der Waals surface area contributed by atoms with E-state index in [0.29, 0.717) is 12.8 Å². The minimum Gasteiger partial charge on any atom is -0.349 e. The SMILES string of the molecule is Cc1nn(C)c(C)c1CCC(=O)N[C@H](C)c1cnn(-c2ccccc2)c1C. The lowest BCUT2D eigenvalue weighted by Gasteiger charge is -2.14. The molecule has 3 rings (SSSR count). The quantitative estimate of drug-likeness (QED) is 0.729. The van der Waals surface area contributed by atoms with Gasteiger partial charge in [0.15, 0.2) is 0 Å². The van der Waals surface area contributed by atoms with Crippen LogP contribution in [0.3, 0.4) is 0 Å². The summed E-state index contributed by atoms with van der Waals surface area (Å²) in [6, 6.07) is 9.91. The standard InChI is InChI=1S/C21H27N5O/c1-14(20-13-22-26(17(20)4)18-9-7-6-8-10-18)23-21(27)12-11-19-15(2)24-25(5)16(19)3/h6-10,13-14H,11-12H2,1-5H3,(H,23,27)/t14-/m1/s1. The van der Waals surface area contributed by atoms with Crippen LogP contribution in [-0.4, -0.2) is 25.5 Å². The van der Waals surface area contributed by atoms with E-state index < -0.39 is 0 Å². The fraction of sp³-hybridized carbons (Fsp3) is 0.381. The van der Waals surface area contributed by atoms with Gasteiger partial charge in [-0.15, -0.1) is 0 Å². The molecule has 6 heteroatoms. The van der Waals surface area contributed by atoms with Crippen LogP contribution in [-0.2, 0) is 18.3 Å². The smallest absolute Gasteiger partial charge is 0.220 e. The Balaban J connectivity index is 1.64. The number of carbonyl (C=O) groups is 1. The molecule has 0 aliphatic heterocycles. The van der Waals surface area contributed by atoms with Crippen LogP contribution >= 0.6 is 0 Å². The molecule has 0 unspecified atom stereocenters. The molecular formula is C21H27N5O. The van der Waals surface area contributed by atoms with Crippen molar-refractivity contribution in [2.24, 2.45) is 7.05 Å². The molecule has 3 aromatic rings. The third-order valence-electron chi connectivity index (χ3n) is 5.15. The fourth-order valence-corrected chi connectivity index (χ4v) is 3.49. The highest BCUT2D eigenvalue weighted by Crippen LogP contribution is 2.20. The number of hydrogen-bond donors (Lipinski definition) is 1. The zero-order valence-electron chi connectivity index (χ0n) is 16.7. The summed E-state index contributed by atoms with van der Waals surface area (Å²) < 4.78 is 3.77. The summed E-state index contributed by atoms with van der Waals surface area (Å²) >= 11 is 0. The van der Waals surface area contributed by atoms with Crippen molar-refractivity contribution in [2.75, 3.05) is 0 Å². The van der Waals surface area contributed by atoms with Gasteiger partial charge in [-0.3, -0.25) is 9.48 Å². The zero-order chi connectivity index (χ0) is 19.6. The Morgan fingerprint density at radius 2 is 1.85 bits per heavy atom. The Hall–Kier alpha value is -2.89. The topological polar surface area (TPSA) is 64.7 Å². The molecule has 0 saturated heterocycles. The molecule has 0 aliphatic rings. The summed E-state index contributed by atoms with van der Waals surface area (Å²) in [6.45, 7) is 8.06. The first-order valence-electron chi connectivity index (χ1n) is 9.27. The minimum absolute atomic E-state index is 0.0389. The monoisotopic (exact) mass is 365 g/mol. The van der Waals surface area contributed by atoms with E-state index >= 15 is 0 Å². The number of para-hydroxylation sites is 1. The third-order valence-corrected chi connectivity index (χ3v) is 5.15. The molecule has 1 aromatic carbocycles. The van der Waals surface area contributed by atoms with Crippen molar-refractivity contribution in [1.82, 2.24) is 24.9 Å². The van der Waals surface area contributed by atoms with Gasteiger partial charge in [0.25, 0.3) is 0 Å². The summed E-state index contributed by atoms with van der Waals surface area (Å²) in [5, 5.41) is 12.0. The maximum Gasteiger partial charge on any atom is 0.220 e. The molecular weight excluding hydrogens is 338 g/mol. The second-order valence-corrected chi connectivity index (χ2v) is 6.99. The number of nitrogens with one attached hydrogen (secondary N) is 1. The van der Waals surface area contributed by atoms with Crippen LogP contribution in [0.1, 0.15) is 47.6 Å². The zero-order valence-corrected chi connectivity index (χ0v) is 16.7. The molecule has 0 saturated carbocycles. The van der Waals surface area contributed by atoms with Gasteiger partial charge in [0.2, 0.25) is 5.91 Å². The first-order valence-corrected chi connectivity index (χ1v) is 9.27. The van der Waals surface area contributed by atoms with E-state index in [0.717, 1.165) is 33.9 Å². The molecule has 2 aromatic heterocycles. The first kappa shape index (κ1) is 18.9. The molecule has 6 nitrogen and oxygen atoms in total. The number of hydrogen-bond acceptors (Lipinski definition) is 3. The van der Waals surface area contributed by atoms with Crippen LogP contribution in [0, 0.1) is 20.8 Å². The van der Waals surface area contributed by atoms with Gasteiger partial charge in [-0.1, -0.05) is 18.2 Å². The summed E-state index contributed by atoms with van der Waals surface area (Å²) in [6.07, 6.45) is 2.98. The van der Waals surface area contributed by atoms with Crippen LogP contribution < -0.4 is 5.32 Å². The molecule has 0 bridgehead atoms. The number of benzene rings is 1. The number of carbonyl (C=O) groups excluding carboxylic acids is 1. The lowest BCUT2D eigenvalue weighted by molar-refractivity contribution is -0.121. The van der Waals surface area contributed by atoms with E-state index in [1.165, 1.54) is 0 Å². The average Bonchev–Trinajstić information content (AvgIpc) is 3.14. The van der Waals surface area contributed by atoms with Crippen molar-refractivity contribution >= 4 is 5.91 Å². The molecule has 142 valence electrons. The Kier molecular flexibility index (Phi) is 5.44. The highest BCUT2D eigenvalue weighted by atomic mass is 16.1. The van der Waals surface area contributed by atoms with Crippen LogP contribution in [0.15, 0.2) is 36.5 Å². The van der Waals surface area contributed by atoms with E-state index in [1.807, 2.05) is 80.6 Å². The highest BCUT2D eigenvalue weighted by Gasteiger charge is 2.17. The summed E-state index contributed by atoms with van der Waals surface area (Å²) in [5.41, 5.74) is 6.36. The van der Waals surface area contributed by atoms with Gasteiger partial charge >= 0.3 is 0 Å². The Morgan fingerprint density at radius 3 is 2.48 bits per heavy atom. The van der Waals surface area contributed by atoms with Crippen LogP contribution in [0.25, 0.3) is 5.69 Å². The minimum atomic E-state index is -0.0916. The van der Waals surface area contributed by atoms with Crippen LogP contribution in [0.2, 0.25) is 0 Å². The Bertz CT molecular complexity index is 939. The average molecular weight is 365 g/mol. The summed E-state index contributed by atoms with van der Waals surface area (Å²) in [4.78, 5) is 12.5. The number of aromatic nitrogens is 4. The third kappa shape index (κ3) is 3.94. The second-order valence-electron chi connectivity index (χ2n) is 6.99. The maximum atomic E-state index is 12.5. The van der Waals surface area contributed by atoms with E-state index in [1.54, 1.807) is 0 Å². The lowest BCUT2D eigenvalue weighted by Crippen LogP contribution is -2.27. The number of amides is 1. The van der Waals surface area contributed by atoms with Gasteiger partial charge in [0.1, 0.15) is 0 Å². The first-order chi connectivity index (χ1) is 12.9. The van der Waals surface area contributed by atoms with E-state index in [-0.39, 0.29) is 11.9 Å². The molecule has 0 radical (unpaired) electrons. The molecule has 2 heterocycles. The van der Waals surface area contributed by atoms with Gasteiger partial charge < -0.3 is 5.32 Å². The molecule has 1 amide bonds. The van der Waals surface area contributed by atoms with E-state index in [4.69, 9.17) is 0 Å². The normalized spacial score (nSPS) is 12.2. The largest absolute Gasteiger partial charge is 0.349 e. The van der Waals surface area contributed by atoms with Gasteiger partial charge in [0, 0.05) is 30.4 Å². The fourth-order valence-electron chi connectivity index (χ4n) is 3.49. The number of aryl methyl sites for hydroxylation is 2. The lowest BCUT2D eigenvalue weighted by atomic mass is 10.1. The van der Waals surface area contributed by atoms with Crippen LogP contribution in [0.4, 0.5) is 0 Å². The number of nitrogens with zero attached hydrogens (tertiary/aromatic N) is 4. The highest BCUT2D eigenvalue weighted by molar-refractivity contribution is 5.76. The van der Waals surface area contributed by atoms with Crippen molar-refractivity contribution < 1.29 is 4.79 Å². The molecule has 1 atom stereocenters. The number of rotatable bonds is 6. The van der Waals surface area contributed by atoms with Crippen molar-refractivity contribution in [3.63, 3.8) is 0 Å². The van der Waals surface area contributed by atoms with Gasteiger partial charge in [-0.25, -0.2) is 4.68 Å². The molecule has 1 N–H and O–H groups in total. The van der Waals surface area contributed by atoms with Crippen molar-refractivity contribution in [1.29, 1.82) is 0 Å². The predicted octanol–water partition coefficient (Wildman–Crippen LogP) is 3.34. The van der Waals surface area contributed by atoms with E-state index in [2.05, 4.69) is 15.5 Å². The van der Waals surface area contributed by atoms with E-state index in [9.17, 15) is 4.79 Å². The van der Waals surface area contributed by atoms with Crippen LogP contribution in [0.5, 0.6) is 0 Å². The molecule has 0 aliphatic carbocycles. The van der Waals surface area contributed by atoms with Crippen molar-refractivity contribution in [2.45, 2.75) is 46.6 Å².